The maximum Gasteiger partial charge on any atom is 0.529 e. The van der Waals surface area contributed by atoms with Crippen LogP contribution in [0, 0.1) is 0 Å². The second kappa shape index (κ2) is 9.97. The fourth-order valence-corrected chi connectivity index (χ4v) is 2.23. The first kappa shape index (κ1) is 18.1. The van der Waals surface area contributed by atoms with Gasteiger partial charge in [-0.2, -0.15) is 0 Å². The zero-order valence-electron chi connectivity index (χ0n) is 11.7. The number of methoxy groups -OCH3 is 1. The minimum atomic E-state index is -3.74. The van der Waals surface area contributed by atoms with E-state index in [1.165, 1.54) is 14.0 Å². The second-order valence-electron chi connectivity index (χ2n) is 3.29. The van der Waals surface area contributed by atoms with Crippen molar-refractivity contribution < 1.29 is 32.4 Å². The summed E-state index contributed by atoms with van der Waals surface area (Å²) in [5, 5.41) is 0. The van der Waals surface area contributed by atoms with Crippen LogP contribution in [0.15, 0.2) is 11.8 Å². The Balaban J connectivity index is 4.54. The van der Waals surface area contributed by atoms with Crippen LogP contribution in [0.5, 0.6) is 0 Å². The number of ether oxygens (including phenoxy) is 2. The molecule has 0 heterocycles. The highest BCUT2D eigenvalue weighted by molar-refractivity contribution is 7.48. The molecule has 0 aromatic rings. The van der Waals surface area contributed by atoms with Crippen molar-refractivity contribution in [3.8, 4) is 0 Å². The molecule has 0 bridgehead atoms. The molecule has 19 heavy (non-hydrogen) atoms. The summed E-state index contributed by atoms with van der Waals surface area (Å²) in [5.41, 5.74) is 0. The number of rotatable bonds is 10. The summed E-state index contributed by atoms with van der Waals surface area (Å²) >= 11 is 0. The molecule has 0 spiro atoms. The number of carbonyl (C=O) groups is 1. The predicted molar refractivity (Wildman–Crippen MR) is 68.5 cm³/mol. The van der Waals surface area contributed by atoms with Crippen LogP contribution in [0.3, 0.4) is 0 Å². The van der Waals surface area contributed by atoms with Crippen LogP contribution in [0.2, 0.25) is 0 Å². The van der Waals surface area contributed by atoms with E-state index in [1.54, 1.807) is 13.8 Å². The third-order valence-corrected chi connectivity index (χ3v) is 3.27. The monoisotopic (exact) mass is 296 g/mol. The van der Waals surface area contributed by atoms with Crippen molar-refractivity contribution in [3.63, 3.8) is 0 Å². The lowest BCUT2D eigenvalue weighted by atomic mass is 10.5. The molecule has 0 aliphatic heterocycles. The van der Waals surface area contributed by atoms with E-state index in [0.29, 0.717) is 0 Å². The Labute approximate surface area is 113 Å². The van der Waals surface area contributed by atoms with Crippen molar-refractivity contribution in [2.45, 2.75) is 20.8 Å². The van der Waals surface area contributed by atoms with Crippen molar-refractivity contribution in [1.82, 2.24) is 0 Å². The fraction of sp³-hybridized carbons (Fsp3) is 0.727. The van der Waals surface area contributed by atoms with E-state index in [4.69, 9.17) is 23.0 Å². The molecule has 0 aliphatic rings. The average molecular weight is 296 g/mol. The molecule has 8 heteroatoms. The Morgan fingerprint density at radius 3 is 2.37 bits per heavy atom. The van der Waals surface area contributed by atoms with E-state index in [1.807, 2.05) is 0 Å². The Bertz CT molecular complexity index is 340. The molecule has 0 amide bonds. The van der Waals surface area contributed by atoms with Gasteiger partial charge in [0.1, 0.15) is 5.76 Å². The van der Waals surface area contributed by atoms with Crippen LogP contribution in [-0.2, 0) is 32.4 Å². The number of allylic oxidation sites excluding steroid dienone is 1. The van der Waals surface area contributed by atoms with Crippen LogP contribution in [0.4, 0.5) is 0 Å². The van der Waals surface area contributed by atoms with Gasteiger partial charge in [0.2, 0.25) is 0 Å². The lowest BCUT2D eigenvalue weighted by Gasteiger charge is -2.17. The summed E-state index contributed by atoms with van der Waals surface area (Å²) in [5.74, 6) is -0.493. The average Bonchev–Trinajstić information content (AvgIpc) is 2.29. The lowest BCUT2D eigenvalue weighted by Crippen LogP contribution is -2.06. The summed E-state index contributed by atoms with van der Waals surface area (Å²) in [6.07, 6.45) is 1.08. The molecular formula is C11H21O7P. The summed E-state index contributed by atoms with van der Waals surface area (Å²) in [6, 6.07) is 0. The zero-order chi connectivity index (χ0) is 14.7. The number of hydrogen-bond acceptors (Lipinski definition) is 7. The standard InChI is InChI=1S/C11H21O7P/c1-5-15-11(12)9-10(3)18-19(13,16-6-2)17-8-7-14-4/h9H,5-8H2,1-4H3. The van der Waals surface area contributed by atoms with Gasteiger partial charge in [-0.1, -0.05) is 0 Å². The molecule has 0 fully saturated rings. The highest BCUT2D eigenvalue weighted by Gasteiger charge is 2.28. The van der Waals surface area contributed by atoms with Gasteiger partial charge in [0, 0.05) is 7.11 Å². The quantitative estimate of drug-likeness (QED) is 0.201. The fourth-order valence-electron chi connectivity index (χ4n) is 1.03. The van der Waals surface area contributed by atoms with Crippen LogP contribution >= 0.6 is 7.82 Å². The highest BCUT2D eigenvalue weighted by Crippen LogP contribution is 2.51. The van der Waals surface area contributed by atoms with Crippen molar-refractivity contribution in [3.05, 3.63) is 11.8 Å². The SMILES string of the molecule is CCOC(=O)C=C(C)OP(=O)(OCC)OCCOC. The molecule has 1 atom stereocenters. The van der Waals surface area contributed by atoms with E-state index in [2.05, 4.69) is 0 Å². The molecule has 0 aromatic carbocycles. The van der Waals surface area contributed by atoms with Crippen molar-refractivity contribution >= 4 is 13.8 Å². The summed E-state index contributed by atoms with van der Waals surface area (Å²) < 4.78 is 36.6. The first-order chi connectivity index (χ1) is 8.97. The van der Waals surface area contributed by atoms with Crippen LogP contribution in [0.25, 0.3) is 0 Å². The van der Waals surface area contributed by atoms with Gasteiger partial charge in [0.15, 0.2) is 0 Å². The molecular weight excluding hydrogens is 275 g/mol. The minimum Gasteiger partial charge on any atom is -0.463 e. The number of esters is 1. The van der Waals surface area contributed by atoms with E-state index in [0.717, 1.165) is 6.08 Å². The van der Waals surface area contributed by atoms with E-state index < -0.39 is 13.8 Å². The van der Waals surface area contributed by atoms with Gasteiger partial charge >= 0.3 is 13.8 Å². The van der Waals surface area contributed by atoms with Gasteiger partial charge in [0.25, 0.3) is 0 Å². The number of phosphoric acid groups is 1. The largest absolute Gasteiger partial charge is 0.529 e. The lowest BCUT2D eigenvalue weighted by molar-refractivity contribution is -0.137. The topological polar surface area (TPSA) is 80.3 Å². The molecule has 0 saturated heterocycles. The van der Waals surface area contributed by atoms with Crippen molar-refractivity contribution in [1.29, 1.82) is 0 Å². The second-order valence-corrected chi connectivity index (χ2v) is 4.88. The van der Waals surface area contributed by atoms with Gasteiger partial charge < -0.3 is 14.0 Å². The number of phosphoric ester groups is 1. The molecule has 0 rings (SSSR count). The van der Waals surface area contributed by atoms with Gasteiger partial charge in [0.05, 0.1) is 32.5 Å². The third-order valence-electron chi connectivity index (χ3n) is 1.69. The van der Waals surface area contributed by atoms with Crippen molar-refractivity contribution in [2.75, 3.05) is 33.5 Å². The summed E-state index contributed by atoms with van der Waals surface area (Å²) in [6.45, 7) is 5.50. The molecule has 1 unspecified atom stereocenters. The van der Waals surface area contributed by atoms with Crippen molar-refractivity contribution in [2.24, 2.45) is 0 Å². The number of carbonyl (C=O) groups excluding carboxylic acids is 1. The Morgan fingerprint density at radius 1 is 1.16 bits per heavy atom. The summed E-state index contributed by atoms with van der Waals surface area (Å²) in [7, 11) is -2.25. The minimum absolute atomic E-state index is 0.0560. The first-order valence-electron chi connectivity index (χ1n) is 5.90. The molecule has 0 radical (unpaired) electrons. The molecule has 0 aliphatic carbocycles. The smallest absolute Gasteiger partial charge is 0.463 e. The maximum atomic E-state index is 12.1. The summed E-state index contributed by atoms with van der Waals surface area (Å²) in [4.78, 5) is 11.2. The van der Waals surface area contributed by atoms with E-state index in [-0.39, 0.29) is 32.2 Å². The van der Waals surface area contributed by atoms with Gasteiger partial charge in [-0.05, 0) is 20.8 Å². The maximum absolute atomic E-state index is 12.1. The van der Waals surface area contributed by atoms with E-state index >= 15 is 0 Å². The third kappa shape index (κ3) is 8.77. The molecule has 0 N–H and O–H groups in total. The first-order valence-corrected chi connectivity index (χ1v) is 7.36. The van der Waals surface area contributed by atoms with E-state index in [9.17, 15) is 9.36 Å². The van der Waals surface area contributed by atoms with Crippen LogP contribution in [0.1, 0.15) is 20.8 Å². The molecule has 112 valence electrons. The zero-order valence-corrected chi connectivity index (χ0v) is 12.6. The van der Waals surface area contributed by atoms with Crippen LogP contribution in [-0.4, -0.2) is 39.5 Å². The molecule has 0 saturated carbocycles. The number of hydrogen-bond donors (Lipinski definition) is 0. The predicted octanol–water partition coefficient (Wildman–Crippen LogP) is 2.28. The Kier molecular flexibility index (Phi) is 9.51. The Hall–Kier alpha value is -0.880. The van der Waals surface area contributed by atoms with Gasteiger partial charge in [-0.15, -0.1) is 0 Å². The van der Waals surface area contributed by atoms with Crippen LogP contribution < -0.4 is 0 Å². The van der Waals surface area contributed by atoms with Gasteiger partial charge in [-0.25, -0.2) is 9.36 Å². The normalized spacial score (nSPS) is 14.8. The Morgan fingerprint density at radius 2 is 1.84 bits per heavy atom. The van der Waals surface area contributed by atoms with Gasteiger partial charge in [-0.3, -0.25) is 9.05 Å². The highest BCUT2D eigenvalue weighted by atomic mass is 31.2. The molecule has 0 aromatic heterocycles. The molecule has 7 nitrogen and oxygen atoms in total.